The minimum absolute atomic E-state index is 0.0773. The van der Waals surface area contributed by atoms with Gasteiger partial charge >= 0.3 is 6.03 Å². The van der Waals surface area contributed by atoms with Gasteiger partial charge in [-0.1, -0.05) is 13.8 Å². The van der Waals surface area contributed by atoms with Crippen LogP contribution in [0.5, 0.6) is 0 Å². The van der Waals surface area contributed by atoms with Crippen LogP contribution in [0, 0.1) is 5.41 Å². The van der Waals surface area contributed by atoms with E-state index in [9.17, 15) is 4.79 Å². The molecule has 0 radical (unpaired) electrons. The van der Waals surface area contributed by atoms with Crippen molar-refractivity contribution in [1.29, 1.82) is 0 Å². The fourth-order valence-electron chi connectivity index (χ4n) is 3.63. The highest BCUT2D eigenvalue weighted by Gasteiger charge is 2.55. The fourth-order valence-corrected chi connectivity index (χ4v) is 3.63. The fraction of sp³-hybridized carbons (Fsp3) is 0.938. The van der Waals surface area contributed by atoms with Crippen LogP contribution in [0.2, 0.25) is 0 Å². The Labute approximate surface area is 127 Å². The van der Waals surface area contributed by atoms with Crippen molar-refractivity contribution in [3.05, 3.63) is 0 Å². The zero-order valence-electron chi connectivity index (χ0n) is 13.7. The average molecular weight is 296 g/mol. The maximum absolute atomic E-state index is 12.5. The Balaban J connectivity index is 1.51. The molecule has 0 aromatic carbocycles. The van der Waals surface area contributed by atoms with E-state index in [1.807, 2.05) is 4.90 Å². The van der Waals surface area contributed by atoms with E-state index in [4.69, 9.17) is 9.47 Å². The van der Waals surface area contributed by atoms with E-state index in [0.717, 1.165) is 32.2 Å². The molecule has 2 aliphatic heterocycles. The van der Waals surface area contributed by atoms with Gasteiger partial charge in [0.1, 0.15) is 0 Å². The van der Waals surface area contributed by atoms with Crippen LogP contribution in [-0.2, 0) is 9.47 Å². The molecule has 120 valence electrons. The Bertz CT molecular complexity index is 417. The highest BCUT2D eigenvalue weighted by molar-refractivity contribution is 5.77. The monoisotopic (exact) mass is 296 g/mol. The smallest absolute Gasteiger partial charge is 0.318 e. The van der Waals surface area contributed by atoms with Crippen LogP contribution in [0.25, 0.3) is 0 Å². The summed E-state index contributed by atoms with van der Waals surface area (Å²) < 4.78 is 11.5. The van der Waals surface area contributed by atoms with E-state index in [2.05, 4.69) is 33.0 Å². The van der Waals surface area contributed by atoms with E-state index >= 15 is 0 Å². The molecule has 0 bridgehead atoms. The molecule has 21 heavy (non-hydrogen) atoms. The summed E-state index contributed by atoms with van der Waals surface area (Å²) >= 11 is 0. The van der Waals surface area contributed by atoms with Gasteiger partial charge in [0.2, 0.25) is 0 Å². The van der Waals surface area contributed by atoms with Gasteiger partial charge in [-0.2, -0.15) is 0 Å². The first kappa shape index (κ1) is 15.1. The lowest BCUT2D eigenvalue weighted by molar-refractivity contribution is -0.179. The van der Waals surface area contributed by atoms with Crippen LogP contribution in [0.3, 0.4) is 0 Å². The van der Waals surface area contributed by atoms with Crippen molar-refractivity contribution in [2.24, 2.45) is 5.41 Å². The number of nitrogens with zero attached hydrogens (tertiary/aromatic N) is 1. The summed E-state index contributed by atoms with van der Waals surface area (Å²) in [6.07, 6.45) is 3.63. The molecule has 5 nitrogen and oxygen atoms in total. The average Bonchev–Trinajstić information content (AvgIpc) is 2.87. The second-order valence-electron chi connectivity index (χ2n) is 7.86. The Hall–Kier alpha value is -0.810. The Morgan fingerprint density at radius 3 is 2.14 bits per heavy atom. The molecule has 5 heteroatoms. The van der Waals surface area contributed by atoms with Gasteiger partial charge in [-0.3, -0.25) is 0 Å². The number of nitrogens with one attached hydrogen (secondary N) is 1. The van der Waals surface area contributed by atoms with Crippen LogP contribution in [0.4, 0.5) is 4.79 Å². The quantitative estimate of drug-likeness (QED) is 0.809. The number of urea groups is 1. The second-order valence-corrected chi connectivity index (χ2v) is 7.86. The van der Waals surface area contributed by atoms with E-state index in [0.29, 0.717) is 13.2 Å². The SMILES string of the molecule is CC1(C)CN(C(=O)NC2CCC3(CC2)OCCO3)C1(C)C. The predicted molar refractivity (Wildman–Crippen MR) is 80.0 cm³/mol. The summed E-state index contributed by atoms with van der Waals surface area (Å²) in [6.45, 7) is 11.0. The number of likely N-dealkylation sites (tertiary alicyclic amines) is 1. The molecule has 2 saturated heterocycles. The molecular formula is C16H28N2O3. The highest BCUT2D eigenvalue weighted by Crippen LogP contribution is 2.46. The lowest BCUT2D eigenvalue weighted by atomic mass is 9.65. The number of carbonyl (C=O) groups excluding carboxylic acids is 1. The van der Waals surface area contributed by atoms with Gasteiger partial charge in [0.15, 0.2) is 5.79 Å². The van der Waals surface area contributed by atoms with Gasteiger partial charge in [0.05, 0.1) is 13.2 Å². The molecular weight excluding hydrogens is 268 g/mol. The molecule has 3 fully saturated rings. The van der Waals surface area contributed by atoms with Crippen molar-refractivity contribution in [3.8, 4) is 0 Å². The van der Waals surface area contributed by atoms with Crippen LogP contribution < -0.4 is 5.32 Å². The standard InChI is InChI=1S/C16H28N2O3/c1-14(2)11-18(15(14,3)4)13(19)17-12-5-7-16(8-6-12)20-9-10-21-16/h12H,5-11H2,1-4H3,(H,17,19). The number of hydrogen-bond acceptors (Lipinski definition) is 3. The van der Waals surface area contributed by atoms with Gasteiger partial charge < -0.3 is 19.7 Å². The van der Waals surface area contributed by atoms with E-state index in [-0.39, 0.29) is 28.8 Å². The van der Waals surface area contributed by atoms with Gasteiger partial charge in [-0.05, 0) is 26.7 Å². The first-order chi connectivity index (χ1) is 9.76. The molecule has 1 saturated carbocycles. The summed E-state index contributed by atoms with van der Waals surface area (Å²) in [5.41, 5.74) is 0.108. The van der Waals surface area contributed by atoms with Gasteiger partial charge in [-0.15, -0.1) is 0 Å². The minimum Gasteiger partial charge on any atom is -0.348 e. The first-order valence-corrected chi connectivity index (χ1v) is 8.12. The first-order valence-electron chi connectivity index (χ1n) is 8.12. The Kier molecular flexibility index (Phi) is 3.49. The van der Waals surface area contributed by atoms with Crippen LogP contribution in [0.15, 0.2) is 0 Å². The van der Waals surface area contributed by atoms with Gasteiger partial charge in [0, 0.05) is 36.4 Å². The maximum atomic E-state index is 12.5. The molecule has 0 aromatic heterocycles. The molecule has 0 atom stereocenters. The maximum Gasteiger partial charge on any atom is 0.318 e. The van der Waals surface area contributed by atoms with Gasteiger partial charge in [-0.25, -0.2) is 4.79 Å². The topological polar surface area (TPSA) is 50.8 Å². The Morgan fingerprint density at radius 1 is 1.10 bits per heavy atom. The third-order valence-electron chi connectivity index (χ3n) is 6.02. The number of hydrogen-bond donors (Lipinski definition) is 1. The normalized spacial score (nSPS) is 30.2. The zero-order chi connectivity index (χ0) is 15.3. The number of rotatable bonds is 1. The van der Waals surface area contributed by atoms with E-state index < -0.39 is 0 Å². The summed E-state index contributed by atoms with van der Waals surface area (Å²) in [5.74, 6) is -0.348. The van der Waals surface area contributed by atoms with Gasteiger partial charge in [0.25, 0.3) is 0 Å². The summed E-state index contributed by atoms with van der Waals surface area (Å²) in [4.78, 5) is 14.4. The minimum atomic E-state index is -0.348. The Morgan fingerprint density at radius 2 is 1.67 bits per heavy atom. The second kappa shape index (κ2) is 4.85. The molecule has 0 aromatic rings. The number of carbonyl (C=O) groups is 1. The summed E-state index contributed by atoms with van der Waals surface area (Å²) in [5, 5.41) is 3.20. The van der Waals surface area contributed by atoms with Crippen molar-refractivity contribution in [2.45, 2.75) is 70.7 Å². The van der Waals surface area contributed by atoms with Crippen LogP contribution >= 0.6 is 0 Å². The van der Waals surface area contributed by atoms with Crippen molar-refractivity contribution < 1.29 is 14.3 Å². The van der Waals surface area contributed by atoms with E-state index in [1.165, 1.54) is 0 Å². The highest BCUT2D eigenvalue weighted by atomic mass is 16.7. The molecule has 3 rings (SSSR count). The number of amides is 2. The lowest BCUT2D eigenvalue weighted by Crippen LogP contribution is -2.72. The van der Waals surface area contributed by atoms with Crippen LogP contribution in [0.1, 0.15) is 53.4 Å². The van der Waals surface area contributed by atoms with E-state index in [1.54, 1.807) is 0 Å². The largest absolute Gasteiger partial charge is 0.348 e. The third-order valence-corrected chi connectivity index (χ3v) is 6.02. The van der Waals surface area contributed by atoms with Crippen molar-refractivity contribution in [1.82, 2.24) is 10.2 Å². The van der Waals surface area contributed by atoms with Crippen molar-refractivity contribution >= 4 is 6.03 Å². The van der Waals surface area contributed by atoms with Crippen LogP contribution in [-0.4, -0.2) is 48.1 Å². The van der Waals surface area contributed by atoms with Crippen molar-refractivity contribution in [3.63, 3.8) is 0 Å². The molecule has 1 spiro atoms. The summed E-state index contributed by atoms with van der Waals surface area (Å²) in [6, 6.07) is 0.323. The zero-order valence-corrected chi connectivity index (χ0v) is 13.7. The molecule has 1 N–H and O–H groups in total. The molecule has 1 aliphatic carbocycles. The summed E-state index contributed by atoms with van der Waals surface area (Å²) in [7, 11) is 0. The molecule has 0 unspecified atom stereocenters. The van der Waals surface area contributed by atoms with Crippen molar-refractivity contribution in [2.75, 3.05) is 19.8 Å². The molecule has 2 amide bonds. The molecule has 2 heterocycles. The predicted octanol–water partition coefficient (Wildman–Crippen LogP) is 2.50. The number of ether oxygens (including phenoxy) is 2. The third kappa shape index (κ3) is 2.44. The lowest BCUT2D eigenvalue weighted by Gasteiger charge is -2.61. The molecule has 3 aliphatic rings.